The average molecular weight is 332 g/mol. The molecule has 0 unspecified atom stereocenters. The summed E-state index contributed by atoms with van der Waals surface area (Å²) in [5, 5.41) is 6.71. The molecule has 9 nitrogen and oxygen atoms in total. The quantitative estimate of drug-likeness (QED) is 0.872. The van der Waals surface area contributed by atoms with Gasteiger partial charge in [0.1, 0.15) is 5.69 Å². The summed E-state index contributed by atoms with van der Waals surface area (Å²) in [4.78, 5) is 33.4. The largest absolute Gasteiger partial charge is 0.343 e. The summed E-state index contributed by atoms with van der Waals surface area (Å²) in [5.41, 5.74) is 0.342. The van der Waals surface area contributed by atoms with Crippen molar-refractivity contribution in [3.8, 4) is 0 Å². The van der Waals surface area contributed by atoms with E-state index >= 15 is 0 Å². The van der Waals surface area contributed by atoms with Crippen molar-refractivity contribution in [2.75, 3.05) is 13.1 Å². The number of piperidine rings is 1. The number of hydrogen-bond donors (Lipinski definition) is 1. The van der Waals surface area contributed by atoms with Gasteiger partial charge in [0.15, 0.2) is 5.82 Å². The van der Waals surface area contributed by atoms with Crippen LogP contribution in [0.2, 0.25) is 0 Å². The molecular weight excluding hydrogens is 312 g/mol. The lowest BCUT2D eigenvalue weighted by Crippen LogP contribution is -2.36. The van der Waals surface area contributed by atoms with Crippen LogP contribution in [0.25, 0.3) is 0 Å². The van der Waals surface area contributed by atoms with Crippen LogP contribution >= 0.6 is 0 Å². The zero-order valence-electron chi connectivity index (χ0n) is 13.7. The van der Waals surface area contributed by atoms with Gasteiger partial charge in [0.05, 0.1) is 12.9 Å². The van der Waals surface area contributed by atoms with Crippen molar-refractivity contribution < 1.29 is 14.1 Å². The predicted molar refractivity (Wildman–Crippen MR) is 82.9 cm³/mol. The van der Waals surface area contributed by atoms with E-state index in [0.717, 1.165) is 12.8 Å². The maximum Gasteiger partial charge on any atom is 0.271 e. The lowest BCUT2D eigenvalue weighted by molar-refractivity contribution is -0.129. The Morgan fingerprint density at radius 3 is 2.75 bits per heavy atom. The first-order valence-corrected chi connectivity index (χ1v) is 7.87. The van der Waals surface area contributed by atoms with E-state index in [0.29, 0.717) is 30.5 Å². The molecule has 0 spiro atoms. The number of carbonyl (C=O) groups excluding carboxylic acids is 2. The minimum atomic E-state index is -0.287. The maximum absolute atomic E-state index is 11.9. The lowest BCUT2D eigenvalue weighted by atomic mass is 9.96. The van der Waals surface area contributed by atoms with Gasteiger partial charge in [0, 0.05) is 39.2 Å². The standard InChI is InChI=1S/C15H20N6O3/c1-10(22)21-5-3-11(4-6-21)14-18-13(24-19-14)7-16-15(23)12-8-20(2)9-17-12/h8-9,11H,3-7H2,1-2H3,(H,16,23). The Bertz CT molecular complexity index is 729. The monoisotopic (exact) mass is 332 g/mol. The third-order valence-corrected chi connectivity index (χ3v) is 4.13. The highest BCUT2D eigenvalue weighted by Crippen LogP contribution is 2.25. The summed E-state index contributed by atoms with van der Waals surface area (Å²) in [6.45, 7) is 3.16. The van der Waals surface area contributed by atoms with Gasteiger partial charge in [-0.3, -0.25) is 9.59 Å². The van der Waals surface area contributed by atoms with Crippen molar-refractivity contribution in [3.05, 3.63) is 29.9 Å². The Kier molecular flexibility index (Phi) is 4.59. The van der Waals surface area contributed by atoms with Crippen LogP contribution in [-0.2, 0) is 18.4 Å². The van der Waals surface area contributed by atoms with Gasteiger partial charge >= 0.3 is 0 Å². The van der Waals surface area contributed by atoms with E-state index in [9.17, 15) is 9.59 Å². The van der Waals surface area contributed by atoms with Crippen molar-refractivity contribution in [3.63, 3.8) is 0 Å². The molecule has 1 fully saturated rings. The van der Waals surface area contributed by atoms with Crippen LogP contribution in [0.1, 0.15) is 47.9 Å². The van der Waals surface area contributed by atoms with Gasteiger partial charge in [-0.2, -0.15) is 4.98 Å². The van der Waals surface area contributed by atoms with Gasteiger partial charge in [0.2, 0.25) is 11.8 Å². The first kappa shape index (κ1) is 16.2. The Morgan fingerprint density at radius 1 is 1.38 bits per heavy atom. The molecule has 2 aromatic rings. The minimum absolute atomic E-state index is 0.0967. The fraction of sp³-hybridized carbons (Fsp3) is 0.533. The van der Waals surface area contributed by atoms with Crippen molar-refractivity contribution in [1.29, 1.82) is 0 Å². The Labute approximate surface area is 139 Å². The summed E-state index contributed by atoms with van der Waals surface area (Å²) < 4.78 is 6.90. The van der Waals surface area contributed by atoms with Crippen LogP contribution in [-0.4, -0.2) is 49.5 Å². The smallest absolute Gasteiger partial charge is 0.271 e. The first-order valence-electron chi connectivity index (χ1n) is 7.87. The molecule has 0 radical (unpaired) electrons. The van der Waals surface area contributed by atoms with Crippen LogP contribution in [0, 0.1) is 0 Å². The van der Waals surface area contributed by atoms with Crippen molar-refractivity contribution in [2.24, 2.45) is 7.05 Å². The molecule has 3 rings (SSSR count). The molecule has 1 N–H and O–H groups in total. The fourth-order valence-corrected chi connectivity index (χ4v) is 2.73. The second kappa shape index (κ2) is 6.81. The second-order valence-corrected chi connectivity index (χ2v) is 5.93. The Hall–Kier alpha value is -2.71. The molecule has 1 aliphatic rings. The lowest BCUT2D eigenvalue weighted by Gasteiger charge is -2.29. The van der Waals surface area contributed by atoms with E-state index in [4.69, 9.17) is 4.52 Å². The molecule has 2 amide bonds. The van der Waals surface area contributed by atoms with Crippen LogP contribution in [0.3, 0.4) is 0 Å². The number of likely N-dealkylation sites (tertiary alicyclic amines) is 1. The topological polar surface area (TPSA) is 106 Å². The molecule has 0 atom stereocenters. The van der Waals surface area contributed by atoms with Gasteiger partial charge < -0.3 is 19.3 Å². The highest BCUT2D eigenvalue weighted by molar-refractivity contribution is 5.91. The minimum Gasteiger partial charge on any atom is -0.343 e. The number of amides is 2. The molecule has 1 aliphatic heterocycles. The first-order chi connectivity index (χ1) is 11.5. The molecule has 1 saturated heterocycles. The molecular formula is C15H20N6O3. The number of imidazole rings is 1. The summed E-state index contributed by atoms with van der Waals surface area (Å²) in [6.07, 6.45) is 4.84. The number of rotatable bonds is 4. The van der Waals surface area contributed by atoms with Crippen LogP contribution in [0.15, 0.2) is 17.0 Å². The van der Waals surface area contributed by atoms with Gasteiger partial charge in [-0.05, 0) is 12.8 Å². The number of carbonyl (C=O) groups is 2. The van der Waals surface area contributed by atoms with Gasteiger partial charge in [0.25, 0.3) is 5.91 Å². The number of nitrogens with zero attached hydrogens (tertiary/aromatic N) is 5. The molecule has 24 heavy (non-hydrogen) atoms. The normalized spacial score (nSPS) is 15.5. The van der Waals surface area contributed by atoms with Gasteiger partial charge in [-0.25, -0.2) is 4.98 Å². The highest BCUT2D eigenvalue weighted by atomic mass is 16.5. The van der Waals surface area contributed by atoms with Crippen molar-refractivity contribution in [2.45, 2.75) is 32.2 Å². The maximum atomic E-state index is 11.9. The Balaban J connectivity index is 1.52. The molecule has 128 valence electrons. The molecule has 3 heterocycles. The molecule has 0 saturated carbocycles. The van der Waals surface area contributed by atoms with Gasteiger partial charge in [-0.1, -0.05) is 5.16 Å². The van der Waals surface area contributed by atoms with Crippen molar-refractivity contribution >= 4 is 11.8 Å². The van der Waals surface area contributed by atoms with E-state index in [1.165, 1.54) is 0 Å². The van der Waals surface area contributed by atoms with Gasteiger partial charge in [-0.15, -0.1) is 0 Å². The summed E-state index contributed by atoms with van der Waals surface area (Å²) in [6, 6.07) is 0. The van der Waals surface area contributed by atoms with E-state index in [1.54, 1.807) is 31.1 Å². The zero-order chi connectivity index (χ0) is 17.1. The second-order valence-electron chi connectivity index (χ2n) is 5.93. The predicted octanol–water partition coefficient (Wildman–Crippen LogP) is 0.459. The third-order valence-electron chi connectivity index (χ3n) is 4.13. The fourth-order valence-electron chi connectivity index (χ4n) is 2.73. The van der Waals surface area contributed by atoms with Crippen LogP contribution in [0.5, 0.6) is 0 Å². The number of aromatic nitrogens is 4. The van der Waals surface area contributed by atoms with E-state index in [-0.39, 0.29) is 24.3 Å². The summed E-state index contributed by atoms with van der Waals surface area (Å²) in [5.74, 6) is 0.998. The van der Waals surface area contributed by atoms with Crippen LogP contribution < -0.4 is 5.32 Å². The zero-order valence-corrected chi connectivity index (χ0v) is 13.7. The van der Waals surface area contributed by atoms with E-state index in [1.807, 2.05) is 4.90 Å². The SMILES string of the molecule is CC(=O)N1CCC(c2noc(CNC(=O)c3cn(C)cn3)n2)CC1. The number of aryl methyl sites for hydroxylation is 1. The van der Waals surface area contributed by atoms with Crippen molar-refractivity contribution in [1.82, 2.24) is 29.9 Å². The number of nitrogens with one attached hydrogen (secondary N) is 1. The Morgan fingerprint density at radius 2 is 2.12 bits per heavy atom. The third kappa shape index (κ3) is 3.61. The molecule has 0 aliphatic carbocycles. The molecule has 2 aromatic heterocycles. The van der Waals surface area contributed by atoms with E-state index < -0.39 is 0 Å². The molecule has 0 aromatic carbocycles. The van der Waals surface area contributed by atoms with E-state index in [2.05, 4.69) is 20.4 Å². The summed E-state index contributed by atoms with van der Waals surface area (Å²) in [7, 11) is 1.80. The number of hydrogen-bond acceptors (Lipinski definition) is 6. The molecule has 9 heteroatoms. The van der Waals surface area contributed by atoms with Crippen LogP contribution in [0.4, 0.5) is 0 Å². The molecule has 0 bridgehead atoms. The highest BCUT2D eigenvalue weighted by Gasteiger charge is 2.25. The summed E-state index contributed by atoms with van der Waals surface area (Å²) >= 11 is 0. The average Bonchev–Trinajstić information content (AvgIpc) is 3.22.